The van der Waals surface area contributed by atoms with Gasteiger partial charge < -0.3 is 15.0 Å². The molecule has 0 aliphatic carbocycles. The molecule has 23 heavy (non-hydrogen) atoms. The highest BCUT2D eigenvalue weighted by atomic mass is 16.3. The van der Waals surface area contributed by atoms with Gasteiger partial charge in [-0.05, 0) is 18.6 Å². The molecule has 118 valence electrons. The van der Waals surface area contributed by atoms with Gasteiger partial charge in [0.05, 0.1) is 18.0 Å². The predicted molar refractivity (Wildman–Crippen MR) is 87.0 cm³/mol. The molecule has 6 nitrogen and oxygen atoms in total. The maximum absolute atomic E-state index is 12.2. The summed E-state index contributed by atoms with van der Waals surface area (Å²) in [6.07, 6.45) is 2.42. The summed E-state index contributed by atoms with van der Waals surface area (Å²) in [5.74, 6) is -0.281. The van der Waals surface area contributed by atoms with Crippen LogP contribution in [-0.2, 0) is 7.05 Å². The molecule has 0 bridgehead atoms. The summed E-state index contributed by atoms with van der Waals surface area (Å²) in [6, 6.07) is 9.28. The van der Waals surface area contributed by atoms with Crippen LogP contribution in [0, 0.1) is 6.92 Å². The molecule has 0 aliphatic heterocycles. The lowest BCUT2D eigenvalue weighted by molar-refractivity contribution is 0.0916. The minimum atomic E-state index is -0.745. The molecule has 0 fully saturated rings. The maximum atomic E-state index is 12.2. The minimum absolute atomic E-state index is 0.141. The van der Waals surface area contributed by atoms with Gasteiger partial charge in [-0.25, -0.2) is 9.97 Å². The number of nitrogens with one attached hydrogen (secondary N) is 1. The molecule has 1 amide bonds. The number of amides is 1. The average molecular weight is 310 g/mol. The first-order valence-corrected chi connectivity index (χ1v) is 7.34. The smallest absolute Gasteiger partial charge is 0.253 e. The van der Waals surface area contributed by atoms with E-state index < -0.39 is 6.10 Å². The van der Waals surface area contributed by atoms with Gasteiger partial charge in [-0.15, -0.1) is 0 Å². The van der Waals surface area contributed by atoms with Crippen molar-refractivity contribution in [2.75, 3.05) is 6.54 Å². The largest absolute Gasteiger partial charge is 0.387 e. The summed E-state index contributed by atoms with van der Waals surface area (Å²) in [5, 5.41) is 12.9. The van der Waals surface area contributed by atoms with Crippen molar-refractivity contribution in [2.45, 2.75) is 13.0 Å². The van der Waals surface area contributed by atoms with E-state index in [1.54, 1.807) is 17.0 Å². The summed E-state index contributed by atoms with van der Waals surface area (Å²) < 4.78 is 1.79. The van der Waals surface area contributed by atoms with Crippen molar-refractivity contribution < 1.29 is 9.90 Å². The van der Waals surface area contributed by atoms with Crippen molar-refractivity contribution in [2.24, 2.45) is 7.05 Å². The predicted octanol–water partition coefficient (Wildman–Crippen LogP) is 1.74. The molecule has 6 heteroatoms. The second-order valence-electron chi connectivity index (χ2n) is 5.56. The fourth-order valence-electron chi connectivity index (χ4n) is 2.43. The van der Waals surface area contributed by atoms with Gasteiger partial charge >= 0.3 is 0 Å². The Morgan fingerprint density at radius 1 is 1.35 bits per heavy atom. The van der Waals surface area contributed by atoms with Crippen molar-refractivity contribution in [1.29, 1.82) is 0 Å². The van der Waals surface area contributed by atoms with Crippen LogP contribution in [0.5, 0.6) is 0 Å². The molecule has 0 spiro atoms. The van der Waals surface area contributed by atoms with Crippen LogP contribution in [-0.4, -0.2) is 32.1 Å². The van der Waals surface area contributed by atoms with Crippen LogP contribution >= 0.6 is 0 Å². The fourth-order valence-corrected chi connectivity index (χ4v) is 2.43. The molecule has 3 aromatic rings. The molecule has 1 atom stereocenters. The first kappa shape index (κ1) is 15.2. The number of aliphatic hydroxyl groups is 1. The third kappa shape index (κ3) is 3.22. The van der Waals surface area contributed by atoms with Crippen molar-refractivity contribution in [1.82, 2.24) is 19.9 Å². The van der Waals surface area contributed by atoms with E-state index in [1.165, 1.54) is 6.20 Å². The standard InChI is InChI=1S/C17H18N4O2/c1-11-4-3-5-12(6-11)15(22)9-19-17(23)13-7-14-16(18-8-13)21(2)10-20-14/h3-8,10,15,22H,9H2,1-2H3,(H,19,23). The SMILES string of the molecule is Cc1cccc(C(O)CNC(=O)c2cnc3c(c2)ncn3C)c1. The number of aliphatic hydroxyl groups excluding tert-OH is 1. The third-order valence-corrected chi connectivity index (χ3v) is 3.70. The summed E-state index contributed by atoms with van der Waals surface area (Å²) in [7, 11) is 1.85. The van der Waals surface area contributed by atoms with E-state index in [0.717, 1.165) is 16.8 Å². The summed E-state index contributed by atoms with van der Waals surface area (Å²) in [4.78, 5) is 20.6. The molecular formula is C17H18N4O2. The number of aryl methyl sites for hydroxylation is 2. The molecule has 2 N–H and O–H groups in total. The van der Waals surface area contributed by atoms with Gasteiger partial charge in [0, 0.05) is 19.8 Å². The van der Waals surface area contributed by atoms with Gasteiger partial charge in [0.1, 0.15) is 5.52 Å². The van der Waals surface area contributed by atoms with Crippen LogP contribution in [0.3, 0.4) is 0 Å². The van der Waals surface area contributed by atoms with Crippen LogP contribution in [0.4, 0.5) is 0 Å². The Balaban J connectivity index is 1.68. The number of imidazole rings is 1. The molecule has 2 heterocycles. The van der Waals surface area contributed by atoms with E-state index in [2.05, 4.69) is 15.3 Å². The van der Waals surface area contributed by atoms with Crippen LogP contribution in [0.25, 0.3) is 11.2 Å². The lowest BCUT2D eigenvalue weighted by Gasteiger charge is -2.13. The molecule has 0 saturated heterocycles. The zero-order valence-corrected chi connectivity index (χ0v) is 13.0. The van der Waals surface area contributed by atoms with Gasteiger partial charge in [-0.3, -0.25) is 4.79 Å². The highest BCUT2D eigenvalue weighted by Gasteiger charge is 2.13. The first-order valence-electron chi connectivity index (χ1n) is 7.34. The van der Waals surface area contributed by atoms with E-state index >= 15 is 0 Å². The molecule has 1 unspecified atom stereocenters. The van der Waals surface area contributed by atoms with Gasteiger partial charge in [0.25, 0.3) is 5.91 Å². The normalized spacial score (nSPS) is 12.3. The van der Waals surface area contributed by atoms with E-state index in [4.69, 9.17) is 0 Å². The summed E-state index contributed by atoms with van der Waals surface area (Å²) in [6.45, 7) is 2.10. The van der Waals surface area contributed by atoms with E-state index in [-0.39, 0.29) is 12.5 Å². The zero-order chi connectivity index (χ0) is 16.4. The van der Waals surface area contributed by atoms with Crippen LogP contribution < -0.4 is 5.32 Å². The molecule has 1 aromatic carbocycles. The van der Waals surface area contributed by atoms with Gasteiger partial charge in [0.15, 0.2) is 5.65 Å². The van der Waals surface area contributed by atoms with Gasteiger partial charge in [-0.1, -0.05) is 29.8 Å². The Labute approximate surface area is 133 Å². The Hall–Kier alpha value is -2.73. The number of hydrogen-bond acceptors (Lipinski definition) is 4. The average Bonchev–Trinajstić information content (AvgIpc) is 2.93. The van der Waals surface area contributed by atoms with Crippen molar-refractivity contribution in [3.8, 4) is 0 Å². The number of benzene rings is 1. The number of pyridine rings is 1. The van der Waals surface area contributed by atoms with Crippen molar-refractivity contribution in [3.63, 3.8) is 0 Å². The quantitative estimate of drug-likeness (QED) is 0.769. The Kier molecular flexibility index (Phi) is 4.08. The monoisotopic (exact) mass is 310 g/mol. The number of carbonyl (C=O) groups is 1. The number of carbonyl (C=O) groups excluding carboxylic acids is 1. The lowest BCUT2D eigenvalue weighted by Crippen LogP contribution is -2.28. The molecule has 3 rings (SSSR count). The number of aromatic nitrogens is 3. The van der Waals surface area contributed by atoms with Crippen LogP contribution in [0.2, 0.25) is 0 Å². The number of rotatable bonds is 4. The fraction of sp³-hybridized carbons (Fsp3) is 0.235. The topological polar surface area (TPSA) is 80.0 Å². The number of nitrogens with zero attached hydrogens (tertiary/aromatic N) is 3. The molecule has 0 saturated carbocycles. The molecule has 0 aliphatic rings. The van der Waals surface area contributed by atoms with Crippen LogP contribution in [0.15, 0.2) is 42.9 Å². The Morgan fingerprint density at radius 2 is 2.17 bits per heavy atom. The van der Waals surface area contributed by atoms with E-state index in [9.17, 15) is 9.90 Å². The van der Waals surface area contributed by atoms with Gasteiger partial charge in [0.2, 0.25) is 0 Å². The van der Waals surface area contributed by atoms with Crippen molar-refractivity contribution in [3.05, 3.63) is 59.5 Å². The van der Waals surface area contributed by atoms with E-state index in [1.807, 2.05) is 38.2 Å². The minimum Gasteiger partial charge on any atom is -0.387 e. The molecule has 2 aromatic heterocycles. The Bertz CT molecular complexity index is 857. The summed E-state index contributed by atoms with van der Waals surface area (Å²) in [5.41, 5.74) is 3.66. The number of hydrogen-bond donors (Lipinski definition) is 2. The van der Waals surface area contributed by atoms with Crippen LogP contribution in [0.1, 0.15) is 27.6 Å². The second kappa shape index (κ2) is 6.18. The van der Waals surface area contributed by atoms with Gasteiger partial charge in [-0.2, -0.15) is 0 Å². The molecule has 0 radical (unpaired) electrons. The maximum Gasteiger partial charge on any atom is 0.253 e. The Morgan fingerprint density at radius 3 is 2.96 bits per heavy atom. The summed E-state index contributed by atoms with van der Waals surface area (Å²) >= 11 is 0. The number of fused-ring (bicyclic) bond motifs is 1. The highest BCUT2D eigenvalue weighted by molar-refractivity contribution is 5.96. The zero-order valence-electron chi connectivity index (χ0n) is 13.0. The molecular weight excluding hydrogens is 292 g/mol. The first-order chi connectivity index (χ1) is 11.0. The second-order valence-corrected chi connectivity index (χ2v) is 5.56. The van der Waals surface area contributed by atoms with Crippen molar-refractivity contribution >= 4 is 17.1 Å². The lowest BCUT2D eigenvalue weighted by atomic mass is 10.1. The third-order valence-electron chi connectivity index (χ3n) is 3.70. The highest BCUT2D eigenvalue weighted by Crippen LogP contribution is 2.14. The van der Waals surface area contributed by atoms with E-state index in [0.29, 0.717) is 11.1 Å².